The number of aryl methyl sites for hydroxylation is 1. The Morgan fingerprint density at radius 1 is 1.17 bits per heavy atom. The number of rotatable bonds is 4. The largest absolute Gasteiger partial charge is 0.488 e. The van der Waals surface area contributed by atoms with Gasteiger partial charge in [0, 0.05) is 31.2 Å². The van der Waals surface area contributed by atoms with Crippen molar-refractivity contribution in [2.45, 2.75) is 12.6 Å². The SMILES string of the molecule is Cn1nnc2c(CN3CC(Oc4ccc(Br)cc4)C3)cccc21. The Morgan fingerprint density at radius 3 is 2.74 bits per heavy atom. The van der Waals surface area contributed by atoms with Gasteiger partial charge < -0.3 is 4.74 Å². The second-order valence-corrected chi connectivity index (χ2v) is 6.80. The Kier molecular flexibility index (Phi) is 3.79. The second kappa shape index (κ2) is 5.94. The molecule has 4 rings (SSSR count). The maximum Gasteiger partial charge on any atom is 0.124 e. The summed E-state index contributed by atoms with van der Waals surface area (Å²) in [5.41, 5.74) is 3.29. The first-order valence-electron chi connectivity index (χ1n) is 7.61. The summed E-state index contributed by atoms with van der Waals surface area (Å²) in [5.74, 6) is 0.925. The Labute approximate surface area is 143 Å². The van der Waals surface area contributed by atoms with E-state index in [1.54, 1.807) is 0 Å². The van der Waals surface area contributed by atoms with Gasteiger partial charge in [0.05, 0.1) is 5.52 Å². The van der Waals surface area contributed by atoms with E-state index in [1.807, 2.05) is 42.1 Å². The molecule has 0 spiro atoms. The summed E-state index contributed by atoms with van der Waals surface area (Å²) in [4.78, 5) is 2.37. The number of likely N-dealkylation sites (tertiary alicyclic amines) is 1. The molecule has 6 heteroatoms. The fourth-order valence-corrected chi connectivity index (χ4v) is 3.18. The summed E-state index contributed by atoms with van der Waals surface area (Å²) < 4.78 is 8.85. The number of aromatic nitrogens is 3. The van der Waals surface area contributed by atoms with Gasteiger partial charge in [-0.15, -0.1) is 5.10 Å². The van der Waals surface area contributed by atoms with Gasteiger partial charge in [-0.1, -0.05) is 33.3 Å². The lowest BCUT2D eigenvalue weighted by Gasteiger charge is -2.39. The fraction of sp³-hybridized carbons (Fsp3) is 0.294. The average Bonchev–Trinajstić information content (AvgIpc) is 2.90. The van der Waals surface area contributed by atoms with Crippen LogP contribution in [0.1, 0.15) is 5.56 Å². The van der Waals surface area contributed by atoms with Gasteiger partial charge in [-0.05, 0) is 35.9 Å². The zero-order chi connectivity index (χ0) is 15.8. The van der Waals surface area contributed by atoms with E-state index in [1.165, 1.54) is 5.56 Å². The molecule has 0 aliphatic carbocycles. The minimum absolute atomic E-state index is 0.261. The standard InChI is InChI=1S/C17H17BrN4O/c1-21-16-4-2-3-12(17(16)19-20-21)9-22-10-15(11-22)23-14-7-5-13(18)6-8-14/h2-8,15H,9-11H2,1H3. The van der Waals surface area contributed by atoms with Crippen LogP contribution in [0.25, 0.3) is 11.0 Å². The molecule has 0 amide bonds. The van der Waals surface area contributed by atoms with Gasteiger partial charge in [-0.25, -0.2) is 4.68 Å². The van der Waals surface area contributed by atoms with Gasteiger partial charge in [0.1, 0.15) is 17.4 Å². The topological polar surface area (TPSA) is 43.2 Å². The molecular weight excluding hydrogens is 356 g/mol. The third kappa shape index (κ3) is 2.96. The van der Waals surface area contributed by atoms with Crippen LogP contribution in [0, 0.1) is 0 Å². The maximum absolute atomic E-state index is 5.97. The number of benzene rings is 2. The van der Waals surface area contributed by atoms with E-state index in [-0.39, 0.29) is 6.10 Å². The van der Waals surface area contributed by atoms with Crippen LogP contribution in [0.2, 0.25) is 0 Å². The van der Waals surface area contributed by atoms with Gasteiger partial charge in [0.2, 0.25) is 0 Å². The van der Waals surface area contributed by atoms with E-state index >= 15 is 0 Å². The predicted octanol–water partition coefficient (Wildman–Crippen LogP) is 2.99. The molecule has 1 fully saturated rings. The van der Waals surface area contributed by atoms with Gasteiger partial charge in [-0.2, -0.15) is 0 Å². The third-order valence-corrected chi connectivity index (χ3v) is 4.69. The lowest BCUT2D eigenvalue weighted by molar-refractivity contribution is 0.0148. The van der Waals surface area contributed by atoms with Crippen LogP contribution in [0.4, 0.5) is 0 Å². The molecule has 2 aromatic carbocycles. The molecule has 0 atom stereocenters. The molecule has 0 unspecified atom stereocenters. The smallest absolute Gasteiger partial charge is 0.124 e. The van der Waals surface area contributed by atoms with E-state index in [9.17, 15) is 0 Å². The van der Waals surface area contributed by atoms with Crippen molar-refractivity contribution in [2.75, 3.05) is 13.1 Å². The van der Waals surface area contributed by atoms with Crippen LogP contribution in [0.15, 0.2) is 46.9 Å². The fourth-order valence-electron chi connectivity index (χ4n) is 2.91. The Hall–Kier alpha value is -1.92. The van der Waals surface area contributed by atoms with Gasteiger partial charge >= 0.3 is 0 Å². The highest BCUT2D eigenvalue weighted by molar-refractivity contribution is 9.10. The van der Waals surface area contributed by atoms with E-state index in [0.29, 0.717) is 0 Å². The first-order chi connectivity index (χ1) is 11.2. The van der Waals surface area contributed by atoms with Crippen LogP contribution < -0.4 is 4.74 Å². The molecule has 1 aliphatic rings. The van der Waals surface area contributed by atoms with Crippen LogP contribution in [0.5, 0.6) is 5.75 Å². The number of nitrogens with zero attached hydrogens (tertiary/aromatic N) is 4. The minimum Gasteiger partial charge on any atom is -0.488 e. The van der Waals surface area contributed by atoms with E-state index in [2.05, 4.69) is 43.3 Å². The Balaban J connectivity index is 1.37. The van der Waals surface area contributed by atoms with Crippen LogP contribution in [0.3, 0.4) is 0 Å². The van der Waals surface area contributed by atoms with Crippen molar-refractivity contribution in [1.29, 1.82) is 0 Å². The van der Waals surface area contributed by atoms with Crippen molar-refractivity contribution in [3.63, 3.8) is 0 Å². The number of hydrogen-bond donors (Lipinski definition) is 0. The van der Waals surface area contributed by atoms with Crippen LogP contribution >= 0.6 is 15.9 Å². The van der Waals surface area contributed by atoms with Crippen molar-refractivity contribution < 1.29 is 4.74 Å². The van der Waals surface area contributed by atoms with Crippen molar-refractivity contribution >= 4 is 27.0 Å². The zero-order valence-electron chi connectivity index (χ0n) is 12.8. The number of fused-ring (bicyclic) bond motifs is 1. The maximum atomic E-state index is 5.97. The van der Waals surface area contributed by atoms with Crippen molar-refractivity contribution in [1.82, 2.24) is 19.9 Å². The summed E-state index contributed by atoms with van der Waals surface area (Å²) in [7, 11) is 1.92. The zero-order valence-corrected chi connectivity index (χ0v) is 14.4. The summed E-state index contributed by atoms with van der Waals surface area (Å²) in [6.45, 7) is 2.76. The highest BCUT2D eigenvalue weighted by atomic mass is 79.9. The number of ether oxygens (including phenoxy) is 1. The number of hydrogen-bond acceptors (Lipinski definition) is 4. The quantitative estimate of drug-likeness (QED) is 0.705. The normalized spacial score (nSPS) is 15.7. The van der Waals surface area contributed by atoms with Crippen molar-refractivity contribution in [2.24, 2.45) is 7.05 Å². The van der Waals surface area contributed by atoms with Crippen molar-refractivity contribution in [3.05, 3.63) is 52.5 Å². The Morgan fingerprint density at radius 2 is 1.96 bits per heavy atom. The Bertz CT molecular complexity index is 824. The first kappa shape index (κ1) is 14.7. The molecule has 3 aromatic rings. The minimum atomic E-state index is 0.261. The summed E-state index contributed by atoms with van der Waals surface area (Å²) >= 11 is 3.43. The average molecular weight is 373 g/mol. The third-order valence-electron chi connectivity index (χ3n) is 4.16. The van der Waals surface area contributed by atoms with E-state index in [4.69, 9.17) is 4.74 Å². The van der Waals surface area contributed by atoms with E-state index < -0.39 is 0 Å². The molecule has 0 bridgehead atoms. The highest BCUT2D eigenvalue weighted by Gasteiger charge is 2.28. The van der Waals surface area contributed by atoms with Gasteiger partial charge in [-0.3, -0.25) is 4.90 Å². The second-order valence-electron chi connectivity index (χ2n) is 5.89. The molecule has 1 aliphatic heterocycles. The molecule has 0 N–H and O–H groups in total. The predicted molar refractivity (Wildman–Crippen MR) is 92.3 cm³/mol. The van der Waals surface area contributed by atoms with Crippen LogP contribution in [-0.2, 0) is 13.6 Å². The molecule has 0 radical (unpaired) electrons. The summed E-state index contributed by atoms with van der Waals surface area (Å²) in [5, 5.41) is 8.38. The lowest BCUT2D eigenvalue weighted by atomic mass is 10.1. The monoisotopic (exact) mass is 372 g/mol. The molecule has 1 saturated heterocycles. The molecule has 5 nitrogen and oxygen atoms in total. The molecule has 0 saturated carbocycles. The molecule has 1 aromatic heterocycles. The molecule has 118 valence electrons. The first-order valence-corrected chi connectivity index (χ1v) is 8.40. The highest BCUT2D eigenvalue weighted by Crippen LogP contribution is 2.23. The summed E-state index contributed by atoms with van der Waals surface area (Å²) in [6.07, 6.45) is 0.261. The van der Waals surface area contributed by atoms with Crippen LogP contribution in [-0.4, -0.2) is 39.1 Å². The molecule has 2 heterocycles. The molecule has 23 heavy (non-hydrogen) atoms. The van der Waals surface area contributed by atoms with Gasteiger partial charge in [0.25, 0.3) is 0 Å². The number of halogens is 1. The lowest BCUT2D eigenvalue weighted by Crippen LogP contribution is -2.53. The van der Waals surface area contributed by atoms with E-state index in [0.717, 1.165) is 40.9 Å². The molecular formula is C17H17BrN4O. The summed E-state index contributed by atoms with van der Waals surface area (Å²) in [6, 6.07) is 14.2. The van der Waals surface area contributed by atoms with Crippen molar-refractivity contribution in [3.8, 4) is 5.75 Å². The van der Waals surface area contributed by atoms with Gasteiger partial charge in [0.15, 0.2) is 0 Å².